The van der Waals surface area contributed by atoms with Crippen molar-refractivity contribution in [1.82, 2.24) is 5.32 Å². The first-order valence-electron chi connectivity index (χ1n) is 7.35. The summed E-state index contributed by atoms with van der Waals surface area (Å²) in [6.07, 6.45) is 0.755. The fourth-order valence-corrected chi connectivity index (χ4v) is 2.42. The molecule has 0 bridgehead atoms. The fourth-order valence-electron chi connectivity index (χ4n) is 2.11. The van der Waals surface area contributed by atoms with E-state index in [4.69, 9.17) is 16.7 Å². The van der Waals surface area contributed by atoms with Crippen LogP contribution in [-0.4, -0.2) is 30.3 Å². The molecule has 1 aromatic rings. The Kier molecular flexibility index (Phi) is 7.35. The highest BCUT2D eigenvalue weighted by atomic mass is 35.5. The van der Waals surface area contributed by atoms with E-state index in [9.17, 15) is 0 Å². The minimum Gasteiger partial charge on any atom is -0.396 e. The summed E-state index contributed by atoms with van der Waals surface area (Å²) >= 11 is 6.43. The molecule has 0 aliphatic heterocycles. The zero-order valence-electron chi connectivity index (χ0n) is 13.0. The molecule has 0 saturated heterocycles. The molecular weight excluding hydrogens is 272 g/mol. The molecular formula is C16H27ClN2O. The first kappa shape index (κ1) is 17.3. The van der Waals surface area contributed by atoms with Crippen LogP contribution in [0.2, 0.25) is 5.02 Å². The monoisotopic (exact) mass is 298 g/mol. The van der Waals surface area contributed by atoms with E-state index < -0.39 is 0 Å². The lowest BCUT2D eigenvalue weighted by Gasteiger charge is -2.30. The quantitative estimate of drug-likeness (QED) is 0.772. The van der Waals surface area contributed by atoms with Crippen molar-refractivity contribution in [3.63, 3.8) is 0 Å². The zero-order valence-corrected chi connectivity index (χ0v) is 13.7. The number of halogens is 1. The van der Waals surface area contributed by atoms with Gasteiger partial charge in [-0.3, -0.25) is 0 Å². The number of hydrogen-bond acceptors (Lipinski definition) is 3. The molecule has 0 fully saturated rings. The van der Waals surface area contributed by atoms with Crippen molar-refractivity contribution in [1.29, 1.82) is 0 Å². The van der Waals surface area contributed by atoms with Gasteiger partial charge in [0.15, 0.2) is 0 Å². The van der Waals surface area contributed by atoms with Crippen molar-refractivity contribution in [2.75, 3.05) is 18.1 Å². The van der Waals surface area contributed by atoms with Gasteiger partial charge in [0, 0.05) is 31.8 Å². The highest BCUT2D eigenvalue weighted by Gasteiger charge is 2.13. The van der Waals surface area contributed by atoms with Crippen molar-refractivity contribution in [3.8, 4) is 0 Å². The number of anilines is 1. The maximum Gasteiger partial charge on any atom is 0.0642 e. The Hall–Kier alpha value is -0.770. The van der Waals surface area contributed by atoms with E-state index in [-0.39, 0.29) is 6.61 Å². The Morgan fingerprint density at radius 2 is 1.95 bits per heavy atom. The predicted molar refractivity (Wildman–Crippen MR) is 87.6 cm³/mol. The molecule has 0 saturated carbocycles. The lowest BCUT2D eigenvalue weighted by atomic mass is 10.1. The van der Waals surface area contributed by atoms with Gasteiger partial charge < -0.3 is 15.3 Å². The molecule has 0 radical (unpaired) electrons. The number of nitrogens with one attached hydrogen (secondary N) is 1. The molecule has 0 aromatic heterocycles. The molecule has 0 heterocycles. The van der Waals surface area contributed by atoms with Crippen LogP contribution >= 0.6 is 11.6 Å². The van der Waals surface area contributed by atoms with Crippen molar-refractivity contribution < 1.29 is 5.11 Å². The average molecular weight is 299 g/mol. The Morgan fingerprint density at radius 1 is 1.25 bits per heavy atom. The maximum absolute atomic E-state index is 9.01. The number of hydrogen-bond donors (Lipinski definition) is 2. The summed E-state index contributed by atoms with van der Waals surface area (Å²) in [6.45, 7) is 10.4. The summed E-state index contributed by atoms with van der Waals surface area (Å²) < 4.78 is 0. The van der Waals surface area contributed by atoms with E-state index in [1.54, 1.807) is 0 Å². The first-order chi connectivity index (χ1) is 9.45. The van der Waals surface area contributed by atoms with Crippen molar-refractivity contribution in [3.05, 3.63) is 28.8 Å². The molecule has 0 amide bonds. The molecule has 2 N–H and O–H groups in total. The van der Waals surface area contributed by atoms with Crippen LogP contribution in [0.15, 0.2) is 18.2 Å². The van der Waals surface area contributed by atoms with Gasteiger partial charge in [-0.25, -0.2) is 0 Å². The van der Waals surface area contributed by atoms with Crippen LogP contribution in [0.5, 0.6) is 0 Å². The minimum atomic E-state index is 0.206. The SMILES string of the molecule is CC(C)NCc1ccc(N(CCCO)C(C)C)c(Cl)c1. The van der Waals surface area contributed by atoms with Gasteiger partial charge >= 0.3 is 0 Å². The fraction of sp³-hybridized carbons (Fsp3) is 0.625. The second-order valence-electron chi connectivity index (χ2n) is 5.69. The number of rotatable bonds is 8. The van der Waals surface area contributed by atoms with Gasteiger partial charge in [0.2, 0.25) is 0 Å². The Morgan fingerprint density at radius 3 is 2.45 bits per heavy atom. The summed E-state index contributed by atoms with van der Waals surface area (Å²) in [7, 11) is 0. The molecule has 0 aliphatic rings. The minimum absolute atomic E-state index is 0.206. The van der Waals surface area contributed by atoms with Crippen molar-refractivity contribution in [2.24, 2.45) is 0 Å². The summed E-state index contributed by atoms with van der Waals surface area (Å²) in [4.78, 5) is 2.23. The Bertz CT molecular complexity index is 407. The number of benzene rings is 1. The highest BCUT2D eigenvalue weighted by molar-refractivity contribution is 6.33. The summed E-state index contributed by atoms with van der Waals surface area (Å²) in [5, 5.41) is 13.2. The second-order valence-corrected chi connectivity index (χ2v) is 6.09. The first-order valence-corrected chi connectivity index (χ1v) is 7.72. The highest BCUT2D eigenvalue weighted by Crippen LogP contribution is 2.28. The molecule has 3 nitrogen and oxygen atoms in total. The van der Waals surface area contributed by atoms with Crippen LogP contribution in [0.4, 0.5) is 5.69 Å². The smallest absolute Gasteiger partial charge is 0.0642 e. The van der Waals surface area contributed by atoms with Crippen molar-refractivity contribution in [2.45, 2.75) is 52.7 Å². The molecule has 20 heavy (non-hydrogen) atoms. The van der Waals surface area contributed by atoms with E-state index >= 15 is 0 Å². The molecule has 0 unspecified atom stereocenters. The number of nitrogens with zero attached hydrogens (tertiary/aromatic N) is 1. The van der Waals surface area contributed by atoms with Gasteiger partial charge in [-0.1, -0.05) is 31.5 Å². The van der Waals surface area contributed by atoms with E-state index in [0.29, 0.717) is 12.1 Å². The van der Waals surface area contributed by atoms with Gasteiger partial charge in [-0.05, 0) is 38.0 Å². The van der Waals surface area contributed by atoms with Gasteiger partial charge in [0.25, 0.3) is 0 Å². The van der Waals surface area contributed by atoms with Crippen molar-refractivity contribution >= 4 is 17.3 Å². The molecule has 0 spiro atoms. The molecule has 1 aromatic carbocycles. The molecule has 0 aliphatic carbocycles. The lowest BCUT2D eigenvalue weighted by Crippen LogP contribution is -2.32. The van der Waals surface area contributed by atoms with Gasteiger partial charge in [0.1, 0.15) is 0 Å². The van der Waals surface area contributed by atoms with E-state index in [2.05, 4.69) is 50.0 Å². The average Bonchev–Trinajstić information content (AvgIpc) is 2.38. The van der Waals surface area contributed by atoms with E-state index in [1.807, 2.05) is 6.07 Å². The Labute approximate surface area is 127 Å². The Balaban J connectivity index is 2.83. The lowest BCUT2D eigenvalue weighted by molar-refractivity contribution is 0.288. The maximum atomic E-state index is 9.01. The predicted octanol–water partition coefficient (Wildman–Crippen LogP) is 3.44. The van der Waals surface area contributed by atoms with Crippen LogP contribution < -0.4 is 10.2 Å². The van der Waals surface area contributed by atoms with Crippen LogP contribution in [0.1, 0.15) is 39.7 Å². The third-order valence-electron chi connectivity index (χ3n) is 3.22. The van der Waals surface area contributed by atoms with E-state index in [0.717, 1.165) is 30.2 Å². The van der Waals surface area contributed by atoms with Crippen LogP contribution in [0.3, 0.4) is 0 Å². The standard InChI is InChI=1S/C16H27ClN2O/c1-12(2)18-11-14-6-7-16(15(17)10-14)19(13(3)4)8-5-9-20/h6-7,10,12-13,18,20H,5,8-9,11H2,1-4H3. The molecule has 4 heteroatoms. The van der Waals surface area contributed by atoms with Gasteiger partial charge in [-0.15, -0.1) is 0 Å². The summed E-state index contributed by atoms with van der Waals surface area (Å²) in [5.74, 6) is 0. The summed E-state index contributed by atoms with van der Waals surface area (Å²) in [6, 6.07) is 7.05. The van der Waals surface area contributed by atoms with E-state index in [1.165, 1.54) is 5.56 Å². The normalized spacial score (nSPS) is 11.4. The molecule has 1 rings (SSSR count). The largest absolute Gasteiger partial charge is 0.396 e. The second kappa shape index (κ2) is 8.50. The third-order valence-corrected chi connectivity index (χ3v) is 3.52. The van der Waals surface area contributed by atoms with Gasteiger partial charge in [0.05, 0.1) is 10.7 Å². The molecule has 114 valence electrons. The molecule has 0 atom stereocenters. The van der Waals surface area contributed by atoms with Crippen LogP contribution in [0, 0.1) is 0 Å². The van der Waals surface area contributed by atoms with Crippen LogP contribution in [-0.2, 0) is 6.54 Å². The van der Waals surface area contributed by atoms with Crippen LogP contribution in [0.25, 0.3) is 0 Å². The topological polar surface area (TPSA) is 35.5 Å². The summed E-state index contributed by atoms with van der Waals surface area (Å²) in [5.41, 5.74) is 2.24. The number of aliphatic hydroxyl groups is 1. The zero-order chi connectivity index (χ0) is 15.1. The van der Waals surface area contributed by atoms with Gasteiger partial charge in [-0.2, -0.15) is 0 Å². The third kappa shape index (κ3) is 5.31. The number of aliphatic hydroxyl groups excluding tert-OH is 1.